The first-order valence-corrected chi connectivity index (χ1v) is 8.23. The van der Waals surface area contributed by atoms with Crippen molar-refractivity contribution < 1.29 is 14.0 Å². The maximum atomic E-state index is 13.8. The van der Waals surface area contributed by atoms with Crippen molar-refractivity contribution in [2.24, 2.45) is 0 Å². The second kappa shape index (κ2) is 8.78. The lowest BCUT2D eigenvalue weighted by atomic mass is 10.1. The van der Waals surface area contributed by atoms with Crippen molar-refractivity contribution in [3.63, 3.8) is 0 Å². The standard InChI is InChI=1S/C19H20FN3O2.ClH/c1-13-6-7-14(19(25)23-10-8-21-9-11-23)12-17(13)22-18(24)15-4-2-3-5-16(15)20;/h2-7,12,21H,8-11H2,1H3,(H,22,24);1H. The Hall–Kier alpha value is -2.44. The van der Waals surface area contributed by atoms with Crippen LogP contribution in [0.25, 0.3) is 0 Å². The fraction of sp³-hybridized carbons (Fsp3) is 0.263. The number of piperazine rings is 1. The van der Waals surface area contributed by atoms with Crippen LogP contribution in [0.4, 0.5) is 10.1 Å². The predicted octanol–water partition coefficient (Wildman–Crippen LogP) is 2.85. The van der Waals surface area contributed by atoms with Gasteiger partial charge < -0.3 is 15.5 Å². The third-order valence-corrected chi connectivity index (χ3v) is 4.26. The van der Waals surface area contributed by atoms with Gasteiger partial charge in [-0.25, -0.2) is 4.39 Å². The number of carbonyl (C=O) groups excluding carboxylic acids is 2. The summed E-state index contributed by atoms with van der Waals surface area (Å²) in [7, 11) is 0. The van der Waals surface area contributed by atoms with Crippen molar-refractivity contribution in [1.82, 2.24) is 10.2 Å². The Balaban J connectivity index is 0.00000243. The molecule has 138 valence electrons. The zero-order valence-corrected chi connectivity index (χ0v) is 15.2. The summed E-state index contributed by atoms with van der Waals surface area (Å²) in [5, 5.41) is 5.91. The Morgan fingerprint density at radius 3 is 2.50 bits per heavy atom. The van der Waals surface area contributed by atoms with Gasteiger partial charge in [0, 0.05) is 37.4 Å². The van der Waals surface area contributed by atoms with E-state index in [1.807, 2.05) is 6.92 Å². The van der Waals surface area contributed by atoms with E-state index in [-0.39, 0.29) is 23.9 Å². The molecule has 5 nitrogen and oxygen atoms in total. The van der Waals surface area contributed by atoms with Crippen molar-refractivity contribution >= 4 is 29.9 Å². The molecule has 1 heterocycles. The number of hydrogen-bond acceptors (Lipinski definition) is 3. The van der Waals surface area contributed by atoms with Crippen LogP contribution < -0.4 is 10.6 Å². The van der Waals surface area contributed by atoms with Gasteiger partial charge in [-0.15, -0.1) is 12.4 Å². The number of aryl methyl sites for hydroxylation is 1. The molecule has 2 aromatic rings. The lowest BCUT2D eigenvalue weighted by Crippen LogP contribution is -2.46. The molecule has 0 spiro atoms. The molecule has 0 radical (unpaired) electrons. The van der Waals surface area contributed by atoms with E-state index in [0.29, 0.717) is 24.3 Å². The Bertz CT molecular complexity index is 807. The van der Waals surface area contributed by atoms with Crippen LogP contribution in [0.5, 0.6) is 0 Å². The van der Waals surface area contributed by atoms with Gasteiger partial charge in [0.1, 0.15) is 5.82 Å². The molecule has 26 heavy (non-hydrogen) atoms. The first-order chi connectivity index (χ1) is 12.1. The smallest absolute Gasteiger partial charge is 0.258 e. The van der Waals surface area contributed by atoms with E-state index in [4.69, 9.17) is 0 Å². The molecule has 3 rings (SSSR count). The minimum Gasteiger partial charge on any atom is -0.336 e. The maximum absolute atomic E-state index is 13.8. The Kier molecular flexibility index (Phi) is 6.71. The Morgan fingerprint density at radius 2 is 1.81 bits per heavy atom. The van der Waals surface area contributed by atoms with Crippen molar-refractivity contribution in [2.45, 2.75) is 6.92 Å². The largest absolute Gasteiger partial charge is 0.336 e. The molecule has 1 aliphatic heterocycles. The highest BCUT2D eigenvalue weighted by Crippen LogP contribution is 2.20. The van der Waals surface area contributed by atoms with E-state index in [2.05, 4.69) is 10.6 Å². The molecule has 2 N–H and O–H groups in total. The number of rotatable bonds is 3. The summed E-state index contributed by atoms with van der Waals surface area (Å²) in [6, 6.07) is 11.0. The zero-order chi connectivity index (χ0) is 17.8. The summed E-state index contributed by atoms with van der Waals surface area (Å²) in [6.45, 7) is 4.69. The molecule has 7 heteroatoms. The fourth-order valence-corrected chi connectivity index (χ4v) is 2.78. The number of nitrogens with zero attached hydrogens (tertiary/aromatic N) is 1. The van der Waals surface area contributed by atoms with E-state index in [9.17, 15) is 14.0 Å². The molecule has 2 aromatic carbocycles. The van der Waals surface area contributed by atoms with Crippen LogP contribution in [-0.4, -0.2) is 42.9 Å². The van der Waals surface area contributed by atoms with Gasteiger partial charge in [0.2, 0.25) is 0 Å². The van der Waals surface area contributed by atoms with Crippen LogP contribution in [0.2, 0.25) is 0 Å². The second-order valence-electron chi connectivity index (χ2n) is 6.01. The van der Waals surface area contributed by atoms with Crippen LogP contribution >= 0.6 is 12.4 Å². The van der Waals surface area contributed by atoms with Crippen molar-refractivity contribution in [3.8, 4) is 0 Å². The molecule has 0 aromatic heterocycles. The van der Waals surface area contributed by atoms with Crippen LogP contribution in [0.15, 0.2) is 42.5 Å². The first kappa shape index (κ1) is 19.9. The minimum atomic E-state index is -0.578. The highest BCUT2D eigenvalue weighted by atomic mass is 35.5. The van der Waals surface area contributed by atoms with Crippen molar-refractivity contribution in [1.29, 1.82) is 0 Å². The average molecular weight is 378 g/mol. The second-order valence-corrected chi connectivity index (χ2v) is 6.01. The molecule has 0 bridgehead atoms. The summed E-state index contributed by atoms with van der Waals surface area (Å²) in [5.41, 5.74) is 1.80. The summed E-state index contributed by atoms with van der Waals surface area (Å²) < 4.78 is 13.8. The molecule has 2 amide bonds. The number of amides is 2. The summed E-state index contributed by atoms with van der Waals surface area (Å²) >= 11 is 0. The third-order valence-electron chi connectivity index (χ3n) is 4.26. The Morgan fingerprint density at radius 1 is 1.12 bits per heavy atom. The molecule has 1 saturated heterocycles. The lowest BCUT2D eigenvalue weighted by molar-refractivity contribution is 0.0735. The van der Waals surface area contributed by atoms with Crippen LogP contribution in [0.3, 0.4) is 0 Å². The number of benzene rings is 2. The molecule has 1 fully saturated rings. The molecule has 1 aliphatic rings. The minimum absolute atomic E-state index is 0. The number of hydrogen-bond donors (Lipinski definition) is 2. The van der Waals surface area contributed by atoms with Gasteiger partial charge in [-0.2, -0.15) is 0 Å². The predicted molar refractivity (Wildman–Crippen MR) is 102 cm³/mol. The molecule has 0 saturated carbocycles. The molecule has 0 unspecified atom stereocenters. The summed E-state index contributed by atoms with van der Waals surface area (Å²) in [6.07, 6.45) is 0. The summed E-state index contributed by atoms with van der Waals surface area (Å²) in [4.78, 5) is 26.7. The highest BCUT2D eigenvalue weighted by molar-refractivity contribution is 6.05. The zero-order valence-electron chi connectivity index (χ0n) is 14.4. The van der Waals surface area contributed by atoms with Gasteiger partial charge in [-0.3, -0.25) is 9.59 Å². The maximum Gasteiger partial charge on any atom is 0.258 e. The monoisotopic (exact) mass is 377 g/mol. The lowest BCUT2D eigenvalue weighted by Gasteiger charge is -2.27. The van der Waals surface area contributed by atoms with Gasteiger partial charge in [0.15, 0.2) is 0 Å². The SMILES string of the molecule is Cc1ccc(C(=O)N2CCNCC2)cc1NC(=O)c1ccccc1F.Cl. The van der Waals surface area contributed by atoms with Crippen LogP contribution in [0.1, 0.15) is 26.3 Å². The first-order valence-electron chi connectivity index (χ1n) is 8.23. The molecule has 0 atom stereocenters. The number of anilines is 1. The topological polar surface area (TPSA) is 61.4 Å². The number of nitrogens with one attached hydrogen (secondary N) is 2. The van der Waals surface area contributed by atoms with E-state index in [1.54, 1.807) is 29.2 Å². The van der Waals surface area contributed by atoms with Gasteiger partial charge in [-0.1, -0.05) is 18.2 Å². The van der Waals surface area contributed by atoms with Crippen LogP contribution in [-0.2, 0) is 0 Å². The quantitative estimate of drug-likeness (QED) is 0.864. The Labute approximate surface area is 158 Å². The van der Waals surface area contributed by atoms with E-state index < -0.39 is 11.7 Å². The number of halogens is 2. The van der Waals surface area contributed by atoms with E-state index in [0.717, 1.165) is 18.7 Å². The third kappa shape index (κ3) is 4.39. The van der Waals surface area contributed by atoms with E-state index in [1.165, 1.54) is 18.2 Å². The summed E-state index contributed by atoms with van der Waals surface area (Å²) in [5.74, 6) is -1.18. The molecular formula is C19H21ClFN3O2. The average Bonchev–Trinajstić information content (AvgIpc) is 2.64. The van der Waals surface area contributed by atoms with Gasteiger partial charge in [0.25, 0.3) is 11.8 Å². The van der Waals surface area contributed by atoms with Gasteiger partial charge in [-0.05, 0) is 36.8 Å². The van der Waals surface area contributed by atoms with Crippen molar-refractivity contribution in [3.05, 3.63) is 65.0 Å². The van der Waals surface area contributed by atoms with Gasteiger partial charge in [0.05, 0.1) is 5.56 Å². The van der Waals surface area contributed by atoms with Crippen LogP contribution in [0, 0.1) is 12.7 Å². The van der Waals surface area contributed by atoms with E-state index >= 15 is 0 Å². The molecular weight excluding hydrogens is 357 g/mol. The normalized spacial score (nSPS) is 13.7. The number of carbonyl (C=O) groups is 2. The molecule has 0 aliphatic carbocycles. The van der Waals surface area contributed by atoms with Crippen molar-refractivity contribution in [2.75, 3.05) is 31.5 Å². The fourth-order valence-electron chi connectivity index (χ4n) is 2.78. The van der Waals surface area contributed by atoms with Gasteiger partial charge >= 0.3 is 0 Å². The highest BCUT2D eigenvalue weighted by Gasteiger charge is 2.19.